The van der Waals surface area contributed by atoms with E-state index < -0.39 is 0 Å². The fraction of sp³-hybridized carbons (Fsp3) is 0.643. The van der Waals surface area contributed by atoms with Crippen LogP contribution in [0.25, 0.3) is 0 Å². The molecule has 0 N–H and O–H groups in total. The van der Waals surface area contributed by atoms with Gasteiger partial charge in [-0.2, -0.15) is 5.26 Å². The minimum absolute atomic E-state index is 0.198. The van der Waals surface area contributed by atoms with Crippen LogP contribution in [0.2, 0.25) is 0 Å². The third kappa shape index (κ3) is 4.03. The lowest BCUT2D eigenvalue weighted by Gasteiger charge is -2.30. The van der Waals surface area contributed by atoms with E-state index in [1.165, 1.54) is 0 Å². The van der Waals surface area contributed by atoms with Gasteiger partial charge in [-0.05, 0) is 48.3 Å². The highest BCUT2D eigenvalue weighted by molar-refractivity contribution is 14.1. The predicted molar refractivity (Wildman–Crippen MR) is 85.5 cm³/mol. The van der Waals surface area contributed by atoms with Crippen molar-refractivity contribution in [3.8, 4) is 6.07 Å². The van der Waals surface area contributed by atoms with Crippen molar-refractivity contribution in [3.63, 3.8) is 0 Å². The number of halogens is 1. The Morgan fingerprint density at radius 3 is 2.90 bits per heavy atom. The fourth-order valence-corrected chi connectivity index (χ4v) is 2.86. The number of aryl methyl sites for hydroxylation is 1. The van der Waals surface area contributed by atoms with Gasteiger partial charge in [0.1, 0.15) is 9.52 Å². The summed E-state index contributed by atoms with van der Waals surface area (Å²) >= 11 is 2.23. The normalized spacial score (nSPS) is 16.1. The number of aromatic nitrogens is 2. The maximum Gasteiger partial charge on any atom is 0.147 e. The smallest absolute Gasteiger partial charge is 0.147 e. The van der Waals surface area contributed by atoms with Gasteiger partial charge < -0.3 is 9.64 Å². The van der Waals surface area contributed by atoms with E-state index in [2.05, 4.69) is 38.5 Å². The largest absolute Gasteiger partial charge is 0.385 e. The van der Waals surface area contributed by atoms with E-state index in [0.29, 0.717) is 0 Å². The van der Waals surface area contributed by atoms with Gasteiger partial charge in [-0.1, -0.05) is 0 Å². The number of nitriles is 1. The monoisotopic (exact) mass is 386 g/mol. The summed E-state index contributed by atoms with van der Waals surface area (Å²) in [6.07, 6.45) is 5.53. The van der Waals surface area contributed by atoms with E-state index in [4.69, 9.17) is 15.0 Å². The molecule has 1 aliphatic rings. The number of piperidine rings is 1. The summed E-state index contributed by atoms with van der Waals surface area (Å²) in [6.45, 7) is 2.53. The van der Waals surface area contributed by atoms with Gasteiger partial charge in [0.15, 0.2) is 0 Å². The summed E-state index contributed by atoms with van der Waals surface area (Å²) in [4.78, 5) is 11.4. The van der Waals surface area contributed by atoms with E-state index >= 15 is 0 Å². The standard InChI is InChI=1S/C14H19IN4O/c1-20-8-2-3-12-14(15)17-10-13(18-12)19-6-4-11(9-16)5-7-19/h10-11H,2-8H2,1H3. The zero-order valence-corrected chi connectivity index (χ0v) is 13.8. The van der Waals surface area contributed by atoms with Gasteiger partial charge >= 0.3 is 0 Å². The minimum Gasteiger partial charge on any atom is -0.385 e. The molecule has 5 nitrogen and oxygen atoms in total. The Balaban J connectivity index is 2.02. The van der Waals surface area contributed by atoms with Gasteiger partial charge in [0.2, 0.25) is 0 Å². The summed E-state index contributed by atoms with van der Waals surface area (Å²) < 4.78 is 6.05. The van der Waals surface area contributed by atoms with Crippen molar-refractivity contribution in [2.24, 2.45) is 5.92 Å². The van der Waals surface area contributed by atoms with E-state index in [0.717, 1.165) is 60.6 Å². The van der Waals surface area contributed by atoms with Crippen LogP contribution in [0.15, 0.2) is 6.20 Å². The van der Waals surface area contributed by atoms with Crippen LogP contribution in [0.5, 0.6) is 0 Å². The SMILES string of the molecule is COCCCc1nc(N2CCC(C#N)CC2)cnc1I. The molecule has 20 heavy (non-hydrogen) atoms. The van der Waals surface area contributed by atoms with Crippen LogP contribution in [0.4, 0.5) is 5.82 Å². The highest BCUT2D eigenvalue weighted by atomic mass is 127. The Morgan fingerprint density at radius 1 is 1.50 bits per heavy atom. The first-order valence-electron chi connectivity index (χ1n) is 6.89. The Kier molecular flexibility index (Phi) is 5.98. The number of nitrogens with zero attached hydrogens (tertiary/aromatic N) is 4. The summed E-state index contributed by atoms with van der Waals surface area (Å²) in [5, 5.41) is 8.94. The molecule has 2 rings (SSSR count). The molecule has 1 aromatic rings. The van der Waals surface area contributed by atoms with Crippen molar-refractivity contribution in [2.45, 2.75) is 25.7 Å². The van der Waals surface area contributed by atoms with Gasteiger partial charge in [0.25, 0.3) is 0 Å². The minimum atomic E-state index is 0.198. The first-order chi connectivity index (χ1) is 9.74. The maximum absolute atomic E-state index is 8.94. The molecule has 108 valence electrons. The van der Waals surface area contributed by atoms with E-state index in [-0.39, 0.29) is 5.92 Å². The number of anilines is 1. The van der Waals surface area contributed by atoms with Crippen LogP contribution in [-0.2, 0) is 11.2 Å². The molecule has 0 radical (unpaired) electrons. The molecule has 1 fully saturated rings. The molecule has 0 saturated carbocycles. The molecule has 2 heterocycles. The molecule has 1 aliphatic heterocycles. The lowest BCUT2D eigenvalue weighted by Crippen LogP contribution is -2.34. The van der Waals surface area contributed by atoms with Crippen LogP contribution in [0.1, 0.15) is 25.0 Å². The van der Waals surface area contributed by atoms with Crippen LogP contribution < -0.4 is 4.90 Å². The topological polar surface area (TPSA) is 62.0 Å². The third-order valence-corrected chi connectivity index (χ3v) is 4.45. The van der Waals surface area contributed by atoms with Crippen molar-refractivity contribution in [3.05, 3.63) is 15.6 Å². The molecule has 0 amide bonds. The lowest BCUT2D eigenvalue weighted by atomic mass is 9.99. The Morgan fingerprint density at radius 2 is 2.25 bits per heavy atom. The second kappa shape index (κ2) is 7.74. The second-order valence-corrected chi connectivity index (χ2v) is 5.97. The lowest BCUT2D eigenvalue weighted by molar-refractivity contribution is 0.195. The third-order valence-electron chi connectivity index (χ3n) is 3.54. The zero-order valence-electron chi connectivity index (χ0n) is 11.7. The van der Waals surface area contributed by atoms with Gasteiger partial charge in [-0.15, -0.1) is 0 Å². The predicted octanol–water partition coefficient (Wildman–Crippen LogP) is 2.40. The summed E-state index contributed by atoms with van der Waals surface area (Å²) in [6, 6.07) is 2.35. The molecular weight excluding hydrogens is 367 g/mol. The summed E-state index contributed by atoms with van der Waals surface area (Å²) in [7, 11) is 1.71. The number of rotatable bonds is 5. The molecule has 6 heteroatoms. The zero-order chi connectivity index (χ0) is 14.4. The highest BCUT2D eigenvalue weighted by Crippen LogP contribution is 2.22. The quantitative estimate of drug-likeness (QED) is 0.575. The molecule has 1 saturated heterocycles. The first-order valence-corrected chi connectivity index (χ1v) is 7.97. The molecule has 0 aliphatic carbocycles. The van der Waals surface area contributed by atoms with Crippen molar-refractivity contribution >= 4 is 28.4 Å². The fourth-order valence-electron chi connectivity index (χ4n) is 2.34. The van der Waals surface area contributed by atoms with E-state index in [1.807, 2.05) is 6.20 Å². The number of hydrogen-bond donors (Lipinski definition) is 0. The molecule has 0 bridgehead atoms. The number of ether oxygens (including phenoxy) is 1. The molecular formula is C14H19IN4O. The van der Waals surface area contributed by atoms with Crippen LogP contribution in [0, 0.1) is 20.9 Å². The first kappa shape index (κ1) is 15.4. The average Bonchev–Trinajstić information content (AvgIpc) is 2.49. The van der Waals surface area contributed by atoms with E-state index in [9.17, 15) is 0 Å². The van der Waals surface area contributed by atoms with Crippen molar-refractivity contribution in [2.75, 3.05) is 31.7 Å². The second-order valence-electron chi connectivity index (χ2n) is 4.95. The Bertz CT molecular complexity index is 481. The van der Waals surface area contributed by atoms with Crippen molar-refractivity contribution in [1.29, 1.82) is 5.26 Å². The summed E-state index contributed by atoms with van der Waals surface area (Å²) in [5.74, 6) is 1.14. The molecule has 1 aromatic heterocycles. The van der Waals surface area contributed by atoms with Crippen molar-refractivity contribution in [1.82, 2.24) is 9.97 Å². The van der Waals surface area contributed by atoms with Crippen LogP contribution >= 0.6 is 22.6 Å². The van der Waals surface area contributed by atoms with Gasteiger partial charge in [-0.25, -0.2) is 9.97 Å². The van der Waals surface area contributed by atoms with Crippen molar-refractivity contribution < 1.29 is 4.74 Å². The van der Waals surface area contributed by atoms with Gasteiger partial charge in [-0.3, -0.25) is 0 Å². The van der Waals surface area contributed by atoms with E-state index in [1.54, 1.807) is 7.11 Å². The number of hydrogen-bond acceptors (Lipinski definition) is 5. The van der Waals surface area contributed by atoms with Gasteiger partial charge in [0, 0.05) is 32.7 Å². The molecule has 0 atom stereocenters. The Labute approximate surface area is 133 Å². The summed E-state index contributed by atoms with van der Waals surface area (Å²) in [5.41, 5.74) is 1.04. The highest BCUT2D eigenvalue weighted by Gasteiger charge is 2.20. The maximum atomic E-state index is 8.94. The molecule has 0 aromatic carbocycles. The van der Waals surface area contributed by atoms with Crippen LogP contribution in [0.3, 0.4) is 0 Å². The van der Waals surface area contributed by atoms with Crippen LogP contribution in [-0.4, -0.2) is 36.8 Å². The Hall–Kier alpha value is -0.940. The average molecular weight is 386 g/mol. The number of methoxy groups -OCH3 is 1. The molecule has 0 spiro atoms. The van der Waals surface area contributed by atoms with Gasteiger partial charge in [0.05, 0.1) is 18.0 Å². The molecule has 0 unspecified atom stereocenters.